The lowest BCUT2D eigenvalue weighted by atomic mass is 10.2. The SMILES string of the molecule is O=C(Nc1ncnc2sccc12)[C@H]1CCCN1S(=O)(=O)c1cccs1. The van der Waals surface area contributed by atoms with Gasteiger partial charge in [-0.3, -0.25) is 4.79 Å². The lowest BCUT2D eigenvalue weighted by Gasteiger charge is -2.22. The zero-order valence-electron chi connectivity index (χ0n) is 13.0. The second kappa shape index (κ2) is 6.45. The molecule has 25 heavy (non-hydrogen) atoms. The molecular formula is C15H14N4O3S3. The van der Waals surface area contributed by atoms with E-state index in [1.807, 2.05) is 11.4 Å². The van der Waals surface area contributed by atoms with Crippen LogP contribution in [0.15, 0.2) is 39.5 Å². The maximum Gasteiger partial charge on any atom is 0.253 e. The maximum atomic E-state index is 12.8. The van der Waals surface area contributed by atoms with Crippen molar-refractivity contribution in [1.82, 2.24) is 14.3 Å². The Morgan fingerprint density at radius 1 is 1.24 bits per heavy atom. The molecule has 0 radical (unpaired) electrons. The molecule has 10 heteroatoms. The van der Waals surface area contributed by atoms with Crippen LogP contribution in [0, 0.1) is 0 Å². The predicted molar refractivity (Wildman–Crippen MR) is 97.3 cm³/mol. The Bertz CT molecular complexity index is 1010. The van der Waals surface area contributed by atoms with Crippen molar-refractivity contribution in [2.24, 2.45) is 0 Å². The number of hydrogen-bond acceptors (Lipinski definition) is 7. The largest absolute Gasteiger partial charge is 0.309 e. The van der Waals surface area contributed by atoms with Gasteiger partial charge in [0.05, 0.1) is 5.39 Å². The van der Waals surface area contributed by atoms with E-state index in [0.29, 0.717) is 25.2 Å². The average Bonchev–Trinajstić information content (AvgIpc) is 3.33. The smallest absolute Gasteiger partial charge is 0.253 e. The first-order chi connectivity index (χ1) is 12.1. The third kappa shape index (κ3) is 2.95. The number of aromatic nitrogens is 2. The molecule has 4 heterocycles. The van der Waals surface area contributed by atoms with Crippen molar-refractivity contribution in [3.8, 4) is 0 Å². The molecule has 1 amide bonds. The van der Waals surface area contributed by atoms with Crippen molar-refractivity contribution in [1.29, 1.82) is 0 Å². The van der Waals surface area contributed by atoms with Crippen molar-refractivity contribution in [2.45, 2.75) is 23.1 Å². The van der Waals surface area contributed by atoms with E-state index in [4.69, 9.17) is 0 Å². The van der Waals surface area contributed by atoms with Crippen LogP contribution in [0.5, 0.6) is 0 Å². The van der Waals surface area contributed by atoms with Gasteiger partial charge in [-0.1, -0.05) is 6.07 Å². The minimum Gasteiger partial charge on any atom is -0.309 e. The van der Waals surface area contributed by atoms with Gasteiger partial charge in [-0.05, 0) is 35.7 Å². The minimum atomic E-state index is -3.65. The highest BCUT2D eigenvalue weighted by Gasteiger charge is 2.40. The normalized spacial score (nSPS) is 18.6. The fraction of sp³-hybridized carbons (Fsp3) is 0.267. The third-order valence-electron chi connectivity index (χ3n) is 4.07. The lowest BCUT2D eigenvalue weighted by molar-refractivity contribution is -0.119. The van der Waals surface area contributed by atoms with E-state index >= 15 is 0 Å². The van der Waals surface area contributed by atoms with Crippen LogP contribution in [0.25, 0.3) is 10.2 Å². The summed E-state index contributed by atoms with van der Waals surface area (Å²) in [6, 6.07) is 4.37. The molecule has 4 rings (SSSR count). The summed E-state index contributed by atoms with van der Waals surface area (Å²) in [6.07, 6.45) is 2.54. The Labute approximate surface area is 152 Å². The minimum absolute atomic E-state index is 0.259. The molecule has 1 aliphatic heterocycles. The van der Waals surface area contributed by atoms with Gasteiger partial charge in [-0.25, -0.2) is 18.4 Å². The standard InChI is InChI=1S/C15H14N4O3S3/c20-14(18-13-10-5-8-24-15(10)17-9-16-13)11-3-1-6-19(11)25(21,22)12-4-2-7-23-12/h2,4-5,7-9,11H,1,3,6H2,(H,16,17,18,20)/t11-/m1/s1. The zero-order chi connectivity index (χ0) is 17.4. The molecule has 130 valence electrons. The Morgan fingerprint density at radius 2 is 2.12 bits per heavy atom. The van der Waals surface area contributed by atoms with Crippen LogP contribution in [0.1, 0.15) is 12.8 Å². The van der Waals surface area contributed by atoms with Gasteiger partial charge in [-0.15, -0.1) is 22.7 Å². The second-order valence-electron chi connectivity index (χ2n) is 5.56. The summed E-state index contributed by atoms with van der Waals surface area (Å²) in [5, 5.41) is 7.12. The lowest BCUT2D eigenvalue weighted by Crippen LogP contribution is -2.43. The Hall–Kier alpha value is -1.88. The molecule has 0 aliphatic carbocycles. The van der Waals surface area contributed by atoms with Gasteiger partial charge in [0.1, 0.15) is 27.2 Å². The quantitative estimate of drug-likeness (QED) is 0.734. The van der Waals surface area contributed by atoms with E-state index in [2.05, 4.69) is 15.3 Å². The first kappa shape index (κ1) is 16.6. The fourth-order valence-electron chi connectivity index (χ4n) is 2.91. The van der Waals surface area contributed by atoms with Crippen LogP contribution >= 0.6 is 22.7 Å². The van der Waals surface area contributed by atoms with Crippen LogP contribution in [0.3, 0.4) is 0 Å². The molecule has 1 fully saturated rings. The molecular weight excluding hydrogens is 380 g/mol. The van der Waals surface area contributed by atoms with Crippen LogP contribution in [-0.2, 0) is 14.8 Å². The summed E-state index contributed by atoms with van der Waals surface area (Å²) < 4.78 is 27.1. The van der Waals surface area contributed by atoms with Gasteiger partial charge in [-0.2, -0.15) is 4.31 Å². The number of thiophene rings is 2. The highest BCUT2D eigenvalue weighted by atomic mass is 32.2. The monoisotopic (exact) mass is 394 g/mol. The van der Waals surface area contributed by atoms with Gasteiger partial charge < -0.3 is 5.32 Å². The third-order valence-corrected chi connectivity index (χ3v) is 8.17. The number of fused-ring (bicyclic) bond motifs is 1. The van der Waals surface area contributed by atoms with Gasteiger partial charge in [0.2, 0.25) is 5.91 Å². The van der Waals surface area contributed by atoms with E-state index < -0.39 is 16.1 Å². The number of hydrogen-bond donors (Lipinski definition) is 1. The number of nitrogens with zero attached hydrogens (tertiary/aromatic N) is 3. The molecule has 1 atom stereocenters. The van der Waals surface area contributed by atoms with Crippen molar-refractivity contribution >= 4 is 54.6 Å². The van der Waals surface area contributed by atoms with Gasteiger partial charge >= 0.3 is 0 Å². The summed E-state index contributed by atoms with van der Waals surface area (Å²) in [4.78, 5) is 21.8. The molecule has 0 saturated carbocycles. The highest BCUT2D eigenvalue weighted by Crippen LogP contribution is 2.30. The zero-order valence-corrected chi connectivity index (χ0v) is 15.4. The first-order valence-electron chi connectivity index (χ1n) is 7.62. The summed E-state index contributed by atoms with van der Waals surface area (Å²) in [6.45, 7) is 0.343. The molecule has 0 spiro atoms. The van der Waals surface area contributed by atoms with Crippen molar-refractivity contribution < 1.29 is 13.2 Å². The molecule has 3 aromatic heterocycles. The molecule has 1 N–H and O–H groups in total. The fourth-order valence-corrected chi connectivity index (χ4v) is 6.41. The molecule has 1 saturated heterocycles. The van der Waals surface area contributed by atoms with Crippen molar-refractivity contribution in [3.63, 3.8) is 0 Å². The van der Waals surface area contributed by atoms with Crippen molar-refractivity contribution in [3.05, 3.63) is 35.3 Å². The molecule has 0 unspecified atom stereocenters. The number of sulfonamides is 1. The Balaban J connectivity index is 1.60. The van der Waals surface area contributed by atoms with Crippen LogP contribution in [-0.4, -0.2) is 41.2 Å². The number of carbonyl (C=O) groups excluding carboxylic acids is 1. The average molecular weight is 395 g/mol. The predicted octanol–water partition coefficient (Wildman–Crippen LogP) is 2.54. The van der Waals surface area contributed by atoms with E-state index in [0.717, 1.165) is 21.6 Å². The van der Waals surface area contributed by atoms with Crippen LogP contribution in [0.2, 0.25) is 0 Å². The highest BCUT2D eigenvalue weighted by molar-refractivity contribution is 7.91. The van der Waals surface area contributed by atoms with Gasteiger partial charge in [0.25, 0.3) is 10.0 Å². The first-order valence-corrected chi connectivity index (χ1v) is 10.8. The van der Waals surface area contributed by atoms with E-state index in [1.165, 1.54) is 22.0 Å². The summed E-state index contributed by atoms with van der Waals surface area (Å²) >= 11 is 2.61. The summed E-state index contributed by atoms with van der Waals surface area (Å²) in [5.41, 5.74) is 0. The number of anilines is 1. The summed E-state index contributed by atoms with van der Waals surface area (Å²) in [5.74, 6) is 0.0560. The summed E-state index contributed by atoms with van der Waals surface area (Å²) in [7, 11) is -3.65. The number of rotatable bonds is 4. The molecule has 1 aliphatic rings. The van der Waals surface area contributed by atoms with E-state index in [1.54, 1.807) is 17.5 Å². The van der Waals surface area contributed by atoms with E-state index in [-0.39, 0.29) is 10.1 Å². The Morgan fingerprint density at radius 3 is 2.92 bits per heavy atom. The molecule has 0 bridgehead atoms. The van der Waals surface area contributed by atoms with Crippen LogP contribution in [0.4, 0.5) is 5.82 Å². The second-order valence-corrected chi connectivity index (χ2v) is 9.52. The van der Waals surface area contributed by atoms with Gasteiger partial charge in [0, 0.05) is 6.54 Å². The van der Waals surface area contributed by atoms with Crippen LogP contribution < -0.4 is 5.32 Å². The maximum absolute atomic E-state index is 12.8. The Kier molecular flexibility index (Phi) is 4.28. The van der Waals surface area contributed by atoms with E-state index in [9.17, 15) is 13.2 Å². The van der Waals surface area contributed by atoms with Crippen molar-refractivity contribution in [2.75, 3.05) is 11.9 Å². The topological polar surface area (TPSA) is 92.3 Å². The van der Waals surface area contributed by atoms with Gasteiger partial charge in [0.15, 0.2) is 0 Å². The number of carbonyl (C=O) groups is 1. The number of amides is 1. The molecule has 3 aromatic rings. The molecule has 0 aromatic carbocycles. The molecule has 7 nitrogen and oxygen atoms in total. The number of nitrogens with one attached hydrogen (secondary N) is 1.